The monoisotopic (exact) mass is 482 g/mol. The van der Waals surface area contributed by atoms with Gasteiger partial charge in [-0.25, -0.2) is 17.2 Å². The molecule has 0 spiro atoms. The molecule has 2 aromatic rings. The zero-order chi connectivity index (χ0) is 24.0. The second kappa shape index (κ2) is 8.66. The molecule has 1 amide bonds. The third-order valence-corrected chi connectivity index (χ3v) is 7.49. The minimum absolute atomic E-state index is 0.000987. The Kier molecular flexibility index (Phi) is 6.19. The number of alkyl halides is 1. The molecule has 0 N–H and O–H groups in total. The Bertz CT molecular complexity index is 1140. The van der Waals surface area contributed by atoms with Crippen LogP contribution in [0.4, 0.5) is 14.7 Å². The van der Waals surface area contributed by atoms with Crippen molar-refractivity contribution in [3.8, 4) is 0 Å². The van der Waals surface area contributed by atoms with E-state index in [4.69, 9.17) is 4.52 Å². The number of likely N-dealkylation sites (tertiary alicyclic amines) is 1. The maximum Gasteiger partial charge on any atom is 0.266 e. The fourth-order valence-electron chi connectivity index (χ4n) is 4.47. The normalized spacial score (nSPS) is 20.6. The Morgan fingerprint density at radius 3 is 2.45 bits per heavy atom. The van der Waals surface area contributed by atoms with Crippen molar-refractivity contribution < 1.29 is 26.5 Å². The van der Waals surface area contributed by atoms with Gasteiger partial charge < -0.3 is 14.3 Å². The molecule has 8 nitrogen and oxygen atoms in total. The molecule has 2 fully saturated rings. The molecule has 33 heavy (non-hydrogen) atoms. The van der Waals surface area contributed by atoms with Crippen LogP contribution in [0.2, 0.25) is 0 Å². The molecule has 0 radical (unpaired) electrons. The summed E-state index contributed by atoms with van der Waals surface area (Å²) in [4.78, 5) is 20.9. The van der Waals surface area contributed by atoms with Crippen LogP contribution in [0.3, 0.4) is 0 Å². The van der Waals surface area contributed by atoms with Gasteiger partial charge in [0.05, 0.1) is 4.90 Å². The van der Waals surface area contributed by atoms with Crippen molar-refractivity contribution in [2.24, 2.45) is 5.92 Å². The van der Waals surface area contributed by atoms with Crippen molar-refractivity contribution in [1.82, 2.24) is 15.0 Å². The predicted molar refractivity (Wildman–Crippen MR) is 117 cm³/mol. The predicted octanol–water partition coefficient (Wildman–Crippen LogP) is 2.88. The van der Waals surface area contributed by atoms with Crippen molar-refractivity contribution in [2.75, 3.05) is 30.8 Å². The number of carbonyl (C=O) groups excluding carboxylic acids is 1. The SMILES string of the molecule is CC(C)(F)c1nc(N2CCC(N3CC[C@H](Cc4ccc(S(C)(=O)=O)cc4F)C3=O)CC2)no1. The number of amides is 1. The molecule has 3 heterocycles. The summed E-state index contributed by atoms with van der Waals surface area (Å²) in [6.07, 6.45) is 3.35. The molecule has 2 aliphatic heterocycles. The van der Waals surface area contributed by atoms with E-state index in [1.54, 1.807) is 0 Å². The first kappa shape index (κ1) is 23.6. The summed E-state index contributed by atoms with van der Waals surface area (Å²) in [6, 6.07) is 3.93. The van der Waals surface area contributed by atoms with Gasteiger partial charge in [0.25, 0.3) is 11.8 Å². The lowest BCUT2D eigenvalue weighted by molar-refractivity contribution is -0.133. The third-order valence-electron chi connectivity index (χ3n) is 6.38. The molecule has 1 atom stereocenters. The van der Waals surface area contributed by atoms with Crippen molar-refractivity contribution in [2.45, 2.75) is 56.1 Å². The summed E-state index contributed by atoms with van der Waals surface area (Å²) < 4.78 is 56.7. The van der Waals surface area contributed by atoms with Gasteiger partial charge >= 0.3 is 0 Å². The first-order chi connectivity index (χ1) is 15.4. The fourth-order valence-corrected chi connectivity index (χ4v) is 5.10. The van der Waals surface area contributed by atoms with Crippen LogP contribution in [0, 0.1) is 11.7 Å². The second-order valence-electron chi connectivity index (χ2n) is 9.34. The van der Waals surface area contributed by atoms with Crippen LogP contribution in [0.5, 0.6) is 0 Å². The second-order valence-corrected chi connectivity index (χ2v) is 11.4. The van der Waals surface area contributed by atoms with Crippen LogP contribution in [-0.4, -0.2) is 61.3 Å². The summed E-state index contributed by atoms with van der Waals surface area (Å²) >= 11 is 0. The molecule has 0 saturated carbocycles. The lowest BCUT2D eigenvalue weighted by atomic mass is 9.97. The average Bonchev–Trinajstić information content (AvgIpc) is 3.37. The summed E-state index contributed by atoms with van der Waals surface area (Å²) in [5.41, 5.74) is -1.35. The van der Waals surface area contributed by atoms with Crippen LogP contribution >= 0.6 is 0 Å². The number of benzene rings is 1. The van der Waals surface area contributed by atoms with Gasteiger partial charge in [0.1, 0.15) is 5.82 Å². The van der Waals surface area contributed by atoms with E-state index in [0.29, 0.717) is 37.6 Å². The van der Waals surface area contributed by atoms with E-state index in [9.17, 15) is 22.0 Å². The highest BCUT2D eigenvalue weighted by Crippen LogP contribution is 2.31. The Morgan fingerprint density at radius 2 is 1.88 bits per heavy atom. The highest BCUT2D eigenvalue weighted by atomic mass is 32.2. The van der Waals surface area contributed by atoms with E-state index in [1.807, 2.05) is 9.80 Å². The largest absolute Gasteiger partial charge is 0.339 e. The fraction of sp³-hybridized carbons (Fsp3) is 0.591. The van der Waals surface area contributed by atoms with E-state index in [-0.39, 0.29) is 35.1 Å². The van der Waals surface area contributed by atoms with Crippen molar-refractivity contribution in [1.29, 1.82) is 0 Å². The van der Waals surface area contributed by atoms with Gasteiger partial charge in [-0.3, -0.25) is 4.79 Å². The maximum absolute atomic E-state index is 14.5. The Morgan fingerprint density at radius 1 is 1.18 bits per heavy atom. The molecule has 1 aromatic heterocycles. The molecule has 0 unspecified atom stereocenters. The van der Waals surface area contributed by atoms with E-state index in [2.05, 4.69) is 10.1 Å². The lowest BCUT2D eigenvalue weighted by Crippen LogP contribution is -2.46. The number of hydrogen-bond donors (Lipinski definition) is 0. The molecule has 0 aliphatic carbocycles. The molecule has 4 rings (SSSR count). The van der Waals surface area contributed by atoms with Crippen LogP contribution in [0.25, 0.3) is 0 Å². The van der Waals surface area contributed by atoms with E-state index in [0.717, 1.165) is 25.2 Å². The minimum Gasteiger partial charge on any atom is -0.339 e. The first-order valence-electron chi connectivity index (χ1n) is 11.0. The first-order valence-corrected chi connectivity index (χ1v) is 12.9. The van der Waals surface area contributed by atoms with Gasteiger partial charge in [-0.2, -0.15) is 4.98 Å². The van der Waals surface area contributed by atoms with Gasteiger partial charge in [0.15, 0.2) is 15.5 Å². The third kappa shape index (κ3) is 5.02. The quantitative estimate of drug-likeness (QED) is 0.625. The summed E-state index contributed by atoms with van der Waals surface area (Å²) in [6.45, 7) is 4.56. The lowest BCUT2D eigenvalue weighted by Gasteiger charge is -2.36. The Balaban J connectivity index is 1.35. The van der Waals surface area contributed by atoms with E-state index in [1.165, 1.54) is 26.0 Å². The van der Waals surface area contributed by atoms with Crippen molar-refractivity contribution in [3.05, 3.63) is 35.5 Å². The number of carbonyl (C=O) groups is 1. The number of anilines is 1. The molecule has 2 saturated heterocycles. The number of hydrogen-bond acceptors (Lipinski definition) is 7. The van der Waals surface area contributed by atoms with Gasteiger partial charge in [0.2, 0.25) is 5.91 Å². The zero-order valence-corrected chi connectivity index (χ0v) is 19.7. The maximum atomic E-state index is 14.5. The van der Waals surface area contributed by atoms with Crippen LogP contribution in [0.1, 0.15) is 44.6 Å². The highest BCUT2D eigenvalue weighted by molar-refractivity contribution is 7.90. The van der Waals surface area contributed by atoms with Crippen molar-refractivity contribution in [3.63, 3.8) is 0 Å². The minimum atomic E-state index is -3.49. The number of halogens is 2. The Hall–Kier alpha value is -2.56. The van der Waals surface area contributed by atoms with Crippen LogP contribution < -0.4 is 4.90 Å². The number of nitrogens with zero attached hydrogens (tertiary/aromatic N) is 4. The molecule has 180 valence electrons. The van der Waals surface area contributed by atoms with Crippen LogP contribution in [-0.2, 0) is 26.7 Å². The number of rotatable bonds is 6. The number of aromatic nitrogens is 2. The molecular weight excluding hydrogens is 454 g/mol. The van der Waals surface area contributed by atoms with Gasteiger partial charge in [-0.1, -0.05) is 6.07 Å². The highest BCUT2D eigenvalue weighted by Gasteiger charge is 2.38. The number of piperidine rings is 1. The van der Waals surface area contributed by atoms with Crippen LogP contribution in [0.15, 0.2) is 27.6 Å². The molecule has 2 aliphatic rings. The molecule has 11 heteroatoms. The van der Waals surface area contributed by atoms with Gasteiger partial charge in [-0.05, 0) is 62.4 Å². The average molecular weight is 483 g/mol. The zero-order valence-electron chi connectivity index (χ0n) is 18.9. The van der Waals surface area contributed by atoms with Gasteiger partial charge in [-0.15, -0.1) is 0 Å². The molecular formula is C22H28F2N4O4S. The summed E-state index contributed by atoms with van der Waals surface area (Å²) in [5, 5.41) is 3.88. The van der Waals surface area contributed by atoms with E-state index < -0.39 is 21.3 Å². The smallest absolute Gasteiger partial charge is 0.266 e. The van der Waals surface area contributed by atoms with E-state index >= 15 is 0 Å². The Labute approximate surface area is 191 Å². The number of sulfone groups is 1. The summed E-state index contributed by atoms with van der Waals surface area (Å²) in [7, 11) is -3.49. The van der Waals surface area contributed by atoms with Gasteiger partial charge in [0, 0.05) is 37.8 Å². The topological polar surface area (TPSA) is 96.6 Å². The molecule has 0 bridgehead atoms. The standard InChI is InChI=1S/C22H28F2N4O4S/c1-22(2,24)20-25-21(26-32-20)27-9-7-16(8-10-27)28-11-6-15(19(28)29)12-14-4-5-17(13-18(14)23)33(3,30)31/h4-5,13,15-16H,6-12H2,1-3H3/t15-/m1/s1. The van der Waals surface area contributed by atoms with Crippen molar-refractivity contribution >= 4 is 21.7 Å². The molecule has 1 aromatic carbocycles. The summed E-state index contributed by atoms with van der Waals surface area (Å²) in [5.74, 6) is -0.635.